The number of benzene rings is 2. The van der Waals surface area contributed by atoms with Crippen LogP contribution in [0, 0.1) is 0 Å². The number of hydrogen-bond acceptors (Lipinski definition) is 2. The minimum atomic E-state index is 0.260. The molecule has 118 valence electrons. The van der Waals surface area contributed by atoms with Crippen LogP contribution in [0.3, 0.4) is 0 Å². The molecule has 0 bridgehead atoms. The van der Waals surface area contributed by atoms with Crippen molar-refractivity contribution in [2.24, 2.45) is 0 Å². The topological polar surface area (TPSA) is 40.5 Å². The first-order valence-electron chi connectivity index (χ1n) is 8.19. The Morgan fingerprint density at radius 1 is 0.455 bits per heavy atom. The van der Waals surface area contributed by atoms with Gasteiger partial charge in [0.05, 0.1) is 0 Å². The third-order valence-electron chi connectivity index (χ3n) is 4.00. The summed E-state index contributed by atoms with van der Waals surface area (Å²) in [6, 6.07) is 17.5. The lowest BCUT2D eigenvalue weighted by atomic mass is 10.0. The number of rotatable bonds is 9. The van der Waals surface area contributed by atoms with Crippen molar-refractivity contribution < 1.29 is 10.2 Å². The van der Waals surface area contributed by atoms with Gasteiger partial charge in [0.15, 0.2) is 0 Å². The first-order valence-corrected chi connectivity index (χ1v) is 8.19. The molecule has 2 N–H and O–H groups in total. The van der Waals surface area contributed by atoms with Crippen LogP contribution in [-0.4, -0.2) is 23.4 Å². The highest BCUT2D eigenvalue weighted by molar-refractivity contribution is 5.26. The summed E-state index contributed by atoms with van der Waals surface area (Å²) < 4.78 is 0. The largest absolute Gasteiger partial charge is 0.396 e. The van der Waals surface area contributed by atoms with Crippen molar-refractivity contribution >= 4 is 0 Å². The smallest absolute Gasteiger partial charge is 0.0434 e. The van der Waals surface area contributed by atoms with Crippen LogP contribution in [0.15, 0.2) is 48.5 Å². The molecule has 0 atom stereocenters. The lowest BCUT2D eigenvalue weighted by Crippen LogP contribution is -1.94. The van der Waals surface area contributed by atoms with Gasteiger partial charge in [0, 0.05) is 13.2 Å². The molecule has 0 heterocycles. The van der Waals surface area contributed by atoms with Crippen LogP contribution in [0.4, 0.5) is 0 Å². The van der Waals surface area contributed by atoms with Gasteiger partial charge in [-0.3, -0.25) is 0 Å². The van der Waals surface area contributed by atoms with Crippen molar-refractivity contribution in [1.82, 2.24) is 0 Å². The third kappa shape index (κ3) is 5.63. The monoisotopic (exact) mass is 298 g/mol. The maximum Gasteiger partial charge on any atom is 0.0434 e. The van der Waals surface area contributed by atoms with E-state index in [0.29, 0.717) is 0 Å². The molecule has 0 aliphatic rings. The van der Waals surface area contributed by atoms with Crippen LogP contribution >= 0.6 is 0 Å². The van der Waals surface area contributed by atoms with Crippen molar-refractivity contribution in [2.45, 2.75) is 38.5 Å². The summed E-state index contributed by atoms with van der Waals surface area (Å²) in [4.78, 5) is 0. The maximum atomic E-state index is 8.85. The zero-order valence-electron chi connectivity index (χ0n) is 13.2. The highest BCUT2D eigenvalue weighted by Crippen LogP contribution is 2.12. The SMILES string of the molecule is OCCCc1ccc(CCc2ccc(CCCO)cc2)cc1. The van der Waals surface area contributed by atoms with E-state index in [0.717, 1.165) is 38.5 Å². The standard InChI is InChI=1S/C20H26O2/c21-15-1-3-17-5-9-19(10-6-17)13-14-20-11-7-18(8-12-20)4-2-16-22/h5-12,21-22H,1-4,13-16H2. The van der Waals surface area contributed by atoms with Gasteiger partial charge in [-0.2, -0.15) is 0 Å². The minimum absolute atomic E-state index is 0.260. The van der Waals surface area contributed by atoms with E-state index < -0.39 is 0 Å². The van der Waals surface area contributed by atoms with Gasteiger partial charge in [-0.1, -0.05) is 48.5 Å². The van der Waals surface area contributed by atoms with Gasteiger partial charge in [0.1, 0.15) is 0 Å². The maximum absolute atomic E-state index is 8.85. The first kappa shape index (κ1) is 16.7. The van der Waals surface area contributed by atoms with E-state index in [-0.39, 0.29) is 13.2 Å². The van der Waals surface area contributed by atoms with Gasteiger partial charge in [-0.15, -0.1) is 0 Å². The first-order chi connectivity index (χ1) is 10.8. The average Bonchev–Trinajstić information content (AvgIpc) is 2.58. The van der Waals surface area contributed by atoms with Gasteiger partial charge in [0.25, 0.3) is 0 Å². The fourth-order valence-electron chi connectivity index (χ4n) is 2.60. The summed E-state index contributed by atoms with van der Waals surface area (Å²) in [5.41, 5.74) is 5.31. The van der Waals surface area contributed by atoms with Crippen molar-refractivity contribution in [3.63, 3.8) is 0 Å². The molecule has 2 aromatic rings. The van der Waals surface area contributed by atoms with E-state index in [2.05, 4.69) is 48.5 Å². The molecule has 0 radical (unpaired) electrons. The Balaban J connectivity index is 1.81. The van der Waals surface area contributed by atoms with Crippen molar-refractivity contribution in [3.05, 3.63) is 70.8 Å². The van der Waals surface area contributed by atoms with Crippen LogP contribution in [0.1, 0.15) is 35.1 Å². The molecule has 2 aromatic carbocycles. The summed E-state index contributed by atoms with van der Waals surface area (Å²) in [7, 11) is 0. The Labute approximate surface area is 133 Å². The molecule has 0 fully saturated rings. The Hall–Kier alpha value is -1.64. The van der Waals surface area contributed by atoms with E-state index >= 15 is 0 Å². The highest BCUT2D eigenvalue weighted by atomic mass is 16.3. The molecule has 0 aromatic heterocycles. The van der Waals surface area contributed by atoms with Crippen molar-refractivity contribution in [1.29, 1.82) is 0 Å². The van der Waals surface area contributed by atoms with Crippen LogP contribution in [0.2, 0.25) is 0 Å². The van der Waals surface area contributed by atoms with Crippen molar-refractivity contribution in [3.8, 4) is 0 Å². The lowest BCUT2D eigenvalue weighted by molar-refractivity contribution is 0.288. The normalized spacial score (nSPS) is 10.8. The number of hydrogen-bond donors (Lipinski definition) is 2. The van der Waals surface area contributed by atoms with Gasteiger partial charge < -0.3 is 10.2 Å². The van der Waals surface area contributed by atoms with Gasteiger partial charge in [-0.05, 0) is 60.8 Å². The fourth-order valence-corrected chi connectivity index (χ4v) is 2.60. The van der Waals surface area contributed by atoms with Gasteiger partial charge in [-0.25, -0.2) is 0 Å². The molecule has 22 heavy (non-hydrogen) atoms. The molecular weight excluding hydrogens is 272 g/mol. The van der Waals surface area contributed by atoms with Crippen LogP contribution in [0.5, 0.6) is 0 Å². The second kappa shape index (κ2) is 9.39. The summed E-state index contributed by atoms with van der Waals surface area (Å²) in [6.45, 7) is 0.520. The van der Waals surface area contributed by atoms with E-state index in [1.54, 1.807) is 0 Å². The lowest BCUT2D eigenvalue weighted by Gasteiger charge is -2.06. The molecule has 0 aliphatic heterocycles. The predicted octanol–water partition coefficient (Wildman–Crippen LogP) is 3.32. The predicted molar refractivity (Wildman–Crippen MR) is 91.1 cm³/mol. The number of aryl methyl sites for hydroxylation is 4. The van der Waals surface area contributed by atoms with E-state index in [1.165, 1.54) is 22.3 Å². The van der Waals surface area contributed by atoms with Gasteiger partial charge in [0.2, 0.25) is 0 Å². The molecular formula is C20H26O2. The molecule has 0 saturated heterocycles. The number of aliphatic hydroxyl groups excluding tert-OH is 2. The second-order valence-corrected chi connectivity index (χ2v) is 5.79. The average molecular weight is 298 g/mol. The summed E-state index contributed by atoms with van der Waals surface area (Å²) >= 11 is 0. The third-order valence-corrected chi connectivity index (χ3v) is 4.00. The molecule has 2 rings (SSSR count). The van der Waals surface area contributed by atoms with Crippen LogP contribution in [-0.2, 0) is 25.7 Å². The summed E-state index contributed by atoms with van der Waals surface area (Å²) in [5.74, 6) is 0. The zero-order valence-corrected chi connectivity index (χ0v) is 13.2. The molecule has 0 aliphatic carbocycles. The summed E-state index contributed by atoms with van der Waals surface area (Å²) in [5, 5.41) is 17.7. The van der Waals surface area contributed by atoms with E-state index in [1.807, 2.05) is 0 Å². The Bertz CT molecular complexity index is 477. The molecule has 0 amide bonds. The highest BCUT2D eigenvalue weighted by Gasteiger charge is 1.99. The Morgan fingerprint density at radius 3 is 1.00 bits per heavy atom. The van der Waals surface area contributed by atoms with Gasteiger partial charge >= 0.3 is 0 Å². The summed E-state index contributed by atoms with van der Waals surface area (Å²) in [6.07, 6.45) is 5.68. The molecule has 0 spiro atoms. The van der Waals surface area contributed by atoms with E-state index in [4.69, 9.17) is 10.2 Å². The van der Waals surface area contributed by atoms with Crippen LogP contribution in [0.25, 0.3) is 0 Å². The van der Waals surface area contributed by atoms with Crippen molar-refractivity contribution in [2.75, 3.05) is 13.2 Å². The number of aliphatic hydroxyl groups is 2. The van der Waals surface area contributed by atoms with Crippen LogP contribution < -0.4 is 0 Å². The Kier molecular flexibility index (Phi) is 7.14. The molecule has 2 nitrogen and oxygen atoms in total. The quantitative estimate of drug-likeness (QED) is 0.745. The zero-order chi connectivity index (χ0) is 15.6. The second-order valence-electron chi connectivity index (χ2n) is 5.79. The molecule has 0 saturated carbocycles. The molecule has 2 heteroatoms. The van der Waals surface area contributed by atoms with E-state index in [9.17, 15) is 0 Å². The fraction of sp³-hybridized carbons (Fsp3) is 0.400. The minimum Gasteiger partial charge on any atom is -0.396 e. The Morgan fingerprint density at radius 2 is 0.727 bits per heavy atom. The molecule has 0 unspecified atom stereocenters.